The predicted octanol–water partition coefficient (Wildman–Crippen LogP) is 3.95. The first-order valence-electron chi connectivity index (χ1n) is 4.52. The molecule has 1 aromatic carbocycles. The van der Waals surface area contributed by atoms with Gasteiger partial charge in [-0.15, -0.1) is 11.3 Å². The molecule has 2 rings (SSSR count). The number of hydrogen-bond donors (Lipinski definition) is 2. The Labute approximate surface area is 111 Å². The second kappa shape index (κ2) is 5.03. The molecule has 0 spiro atoms. The number of nitrogens with two attached hydrogens (primary N) is 1. The Hall–Kier alpha value is -0.780. The average molecular weight is 313 g/mol. The molecule has 2 nitrogen and oxygen atoms in total. The number of benzene rings is 1. The van der Waals surface area contributed by atoms with Crippen molar-refractivity contribution in [3.8, 4) is 0 Å². The van der Waals surface area contributed by atoms with Gasteiger partial charge in [0.25, 0.3) is 0 Å². The fourth-order valence-corrected chi connectivity index (χ4v) is 3.66. The van der Waals surface area contributed by atoms with Gasteiger partial charge in [-0.1, -0.05) is 33.8 Å². The minimum absolute atomic E-state index is 0.103. The van der Waals surface area contributed by atoms with Crippen LogP contribution < -0.4 is 5.73 Å². The van der Waals surface area contributed by atoms with Crippen LogP contribution in [0.15, 0.2) is 49.3 Å². The Kier molecular flexibility index (Phi) is 3.68. The van der Waals surface area contributed by atoms with E-state index in [1.54, 1.807) is 23.1 Å². The fourth-order valence-electron chi connectivity index (χ4n) is 1.23. The lowest BCUT2D eigenvalue weighted by Crippen LogP contribution is -2.12. The molecule has 0 aliphatic carbocycles. The molecule has 82 valence electrons. The van der Waals surface area contributed by atoms with Gasteiger partial charge in [-0.05, 0) is 29.6 Å². The number of halogens is 1. The second-order valence-electron chi connectivity index (χ2n) is 3.09. The van der Waals surface area contributed by atoms with Crippen LogP contribution in [-0.2, 0) is 0 Å². The Balaban J connectivity index is 2.38. The smallest absolute Gasteiger partial charge is 0.123 e. The largest absolute Gasteiger partial charge is 0.384 e. The van der Waals surface area contributed by atoms with Gasteiger partial charge in [0.05, 0.1) is 4.21 Å². The van der Waals surface area contributed by atoms with Crippen LogP contribution in [0.5, 0.6) is 0 Å². The van der Waals surface area contributed by atoms with E-state index in [9.17, 15) is 0 Å². The van der Waals surface area contributed by atoms with Gasteiger partial charge >= 0.3 is 0 Å². The molecule has 0 amide bonds. The molecule has 0 fully saturated rings. The summed E-state index contributed by atoms with van der Waals surface area (Å²) in [6.45, 7) is 0. The molecular weight excluding hydrogens is 304 g/mol. The molecule has 0 saturated carbocycles. The Morgan fingerprint density at radius 1 is 1.38 bits per heavy atom. The lowest BCUT2D eigenvalue weighted by atomic mass is 10.2. The van der Waals surface area contributed by atoms with E-state index < -0.39 is 0 Å². The monoisotopic (exact) mass is 312 g/mol. The van der Waals surface area contributed by atoms with E-state index in [-0.39, 0.29) is 5.84 Å². The van der Waals surface area contributed by atoms with Crippen molar-refractivity contribution in [2.75, 3.05) is 0 Å². The maximum absolute atomic E-state index is 7.53. The van der Waals surface area contributed by atoms with Crippen LogP contribution in [0, 0.1) is 5.41 Å². The Morgan fingerprint density at radius 2 is 2.19 bits per heavy atom. The number of amidine groups is 1. The minimum Gasteiger partial charge on any atom is -0.384 e. The van der Waals surface area contributed by atoms with Gasteiger partial charge in [0, 0.05) is 14.9 Å². The summed E-state index contributed by atoms with van der Waals surface area (Å²) < 4.78 is 2.19. The van der Waals surface area contributed by atoms with Crippen LogP contribution >= 0.6 is 39.0 Å². The molecule has 0 bridgehead atoms. The minimum atomic E-state index is 0.103. The summed E-state index contributed by atoms with van der Waals surface area (Å²) in [7, 11) is 0. The molecule has 1 heterocycles. The maximum Gasteiger partial charge on any atom is 0.123 e. The second-order valence-corrected chi connectivity index (χ2v) is 6.29. The van der Waals surface area contributed by atoms with Crippen molar-refractivity contribution in [2.24, 2.45) is 5.73 Å². The van der Waals surface area contributed by atoms with Gasteiger partial charge < -0.3 is 5.73 Å². The maximum atomic E-state index is 7.53. The molecule has 0 aliphatic rings. The van der Waals surface area contributed by atoms with E-state index in [0.29, 0.717) is 0 Å². The number of hydrogen-bond acceptors (Lipinski definition) is 3. The number of thiophene rings is 1. The summed E-state index contributed by atoms with van der Waals surface area (Å²) in [5, 5.41) is 9.56. The van der Waals surface area contributed by atoms with Crippen molar-refractivity contribution < 1.29 is 0 Å². The molecule has 0 atom stereocenters. The highest BCUT2D eigenvalue weighted by Gasteiger charge is 2.08. The third-order valence-corrected chi connectivity index (χ3v) is 4.53. The van der Waals surface area contributed by atoms with E-state index in [0.717, 1.165) is 14.9 Å². The third kappa shape index (κ3) is 2.66. The van der Waals surface area contributed by atoms with E-state index >= 15 is 0 Å². The molecule has 0 saturated heterocycles. The van der Waals surface area contributed by atoms with E-state index in [4.69, 9.17) is 11.1 Å². The summed E-state index contributed by atoms with van der Waals surface area (Å²) in [5.41, 5.74) is 6.33. The van der Waals surface area contributed by atoms with E-state index in [1.165, 1.54) is 4.21 Å². The van der Waals surface area contributed by atoms with Gasteiger partial charge in [-0.2, -0.15) is 0 Å². The lowest BCUT2D eigenvalue weighted by Gasteiger charge is -2.07. The molecule has 2 aromatic rings. The van der Waals surface area contributed by atoms with Crippen LogP contribution in [0.25, 0.3) is 0 Å². The fraction of sp³-hybridized carbons (Fsp3) is 0. The number of nitrogen functional groups attached to an aromatic ring is 1. The Morgan fingerprint density at radius 3 is 2.81 bits per heavy atom. The molecule has 16 heavy (non-hydrogen) atoms. The normalized spacial score (nSPS) is 10.3. The zero-order chi connectivity index (χ0) is 11.5. The molecule has 0 aliphatic heterocycles. The molecule has 5 heteroatoms. The summed E-state index contributed by atoms with van der Waals surface area (Å²) in [6.07, 6.45) is 0. The van der Waals surface area contributed by atoms with Crippen LogP contribution in [0.4, 0.5) is 0 Å². The number of nitrogens with one attached hydrogen (secondary N) is 1. The van der Waals surface area contributed by atoms with Crippen LogP contribution in [0.1, 0.15) is 5.56 Å². The summed E-state index contributed by atoms with van der Waals surface area (Å²) >= 11 is 6.74. The van der Waals surface area contributed by atoms with Crippen molar-refractivity contribution >= 4 is 44.9 Å². The third-order valence-electron chi connectivity index (χ3n) is 1.94. The van der Waals surface area contributed by atoms with Gasteiger partial charge in [-0.25, -0.2) is 0 Å². The zero-order valence-corrected chi connectivity index (χ0v) is 11.5. The first-order valence-corrected chi connectivity index (χ1v) is 7.01. The Bertz CT molecular complexity index is 509. The van der Waals surface area contributed by atoms with Gasteiger partial charge in [0.15, 0.2) is 0 Å². The quantitative estimate of drug-likeness (QED) is 0.666. The first-order chi connectivity index (χ1) is 7.66. The van der Waals surface area contributed by atoms with Gasteiger partial charge in [0.1, 0.15) is 5.84 Å². The molecular formula is C11H9BrN2S2. The van der Waals surface area contributed by atoms with Crippen LogP contribution in [0.3, 0.4) is 0 Å². The number of rotatable bonds is 3. The summed E-state index contributed by atoms with van der Waals surface area (Å²) in [5.74, 6) is 0.103. The average Bonchev–Trinajstić information content (AvgIpc) is 2.70. The van der Waals surface area contributed by atoms with Crippen molar-refractivity contribution in [2.45, 2.75) is 9.10 Å². The topological polar surface area (TPSA) is 49.9 Å². The predicted molar refractivity (Wildman–Crippen MR) is 73.6 cm³/mol. The molecule has 3 N–H and O–H groups in total. The van der Waals surface area contributed by atoms with Crippen molar-refractivity contribution in [1.82, 2.24) is 0 Å². The van der Waals surface area contributed by atoms with Gasteiger partial charge in [0.2, 0.25) is 0 Å². The lowest BCUT2D eigenvalue weighted by molar-refractivity contribution is 1.33. The SMILES string of the molecule is N=C(N)c1ccc(Br)cc1Sc1cccs1. The van der Waals surface area contributed by atoms with Crippen molar-refractivity contribution in [3.63, 3.8) is 0 Å². The summed E-state index contributed by atoms with van der Waals surface area (Å²) in [4.78, 5) is 1.00. The molecule has 1 aromatic heterocycles. The van der Waals surface area contributed by atoms with E-state index in [2.05, 4.69) is 22.0 Å². The summed E-state index contributed by atoms with van der Waals surface area (Å²) in [6, 6.07) is 9.82. The standard InChI is InChI=1S/C11H9BrN2S2/c12-7-3-4-8(11(13)14)9(6-7)16-10-2-1-5-15-10/h1-6H,(H3,13,14). The van der Waals surface area contributed by atoms with E-state index in [1.807, 2.05) is 29.6 Å². The highest BCUT2D eigenvalue weighted by atomic mass is 79.9. The van der Waals surface area contributed by atoms with Crippen LogP contribution in [0.2, 0.25) is 0 Å². The van der Waals surface area contributed by atoms with Crippen molar-refractivity contribution in [1.29, 1.82) is 5.41 Å². The van der Waals surface area contributed by atoms with Crippen LogP contribution in [-0.4, -0.2) is 5.84 Å². The molecule has 0 unspecified atom stereocenters. The van der Waals surface area contributed by atoms with Crippen molar-refractivity contribution in [3.05, 3.63) is 45.7 Å². The highest BCUT2D eigenvalue weighted by molar-refractivity contribution is 9.10. The first kappa shape index (κ1) is 11.7. The zero-order valence-electron chi connectivity index (χ0n) is 8.24. The molecule has 0 radical (unpaired) electrons. The highest BCUT2D eigenvalue weighted by Crippen LogP contribution is 2.34. The van der Waals surface area contributed by atoms with Gasteiger partial charge in [-0.3, -0.25) is 5.41 Å².